The second-order valence-corrected chi connectivity index (χ2v) is 5.89. The van der Waals surface area contributed by atoms with E-state index in [4.69, 9.17) is 16.3 Å². The molecule has 0 radical (unpaired) electrons. The van der Waals surface area contributed by atoms with Crippen LogP contribution >= 0.6 is 11.6 Å². The lowest BCUT2D eigenvalue weighted by Gasteiger charge is -2.23. The molecule has 1 aliphatic rings. The van der Waals surface area contributed by atoms with Crippen molar-refractivity contribution < 1.29 is 9.53 Å². The molecule has 20 heavy (non-hydrogen) atoms. The van der Waals surface area contributed by atoms with Crippen molar-refractivity contribution in [2.75, 3.05) is 13.2 Å². The average Bonchev–Trinajstić information content (AvgIpc) is 2.83. The lowest BCUT2D eigenvalue weighted by atomic mass is 10.0. The number of nitrogens with zero attached hydrogens (tertiary/aromatic N) is 1. The Bertz CT molecular complexity index is 485. The fourth-order valence-corrected chi connectivity index (χ4v) is 2.64. The zero-order valence-electron chi connectivity index (χ0n) is 12.0. The first-order valence-electron chi connectivity index (χ1n) is 7.11. The number of aromatic nitrogens is 1. The highest BCUT2D eigenvalue weighted by molar-refractivity contribution is 6.29. The molecule has 0 saturated carbocycles. The number of ether oxygens (including phenoxy) is 1. The van der Waals surface area contributed by atoms with Crippen molar-refractivity contribution in [3.63, 3.8) is 0 Å². The fourth-order valence-electron chi connectivity index (χ4n) is 2.41. The summed E-state index contributed by atoms with van der Waals surface area (Å²) in [5, 5.41) is 3.29. The Morgan fingerprint density at radius 1 is 1.55 bits per heavy atom. The van der Waals surface area contributed by atoms with Crippen LogP contribution in [0.15, 0.2) is 12.1 Å². The second-order valence-electron chi connectivity index (χ2n) is 5.50. The van der Waals surface area contributed by atoms with E-state index >= 15 is 0 Å². The summed E-state index contributed by atoms with van der Waals surface area (Å²) in [4.78, 5) is 16.4. The van der Waals surface area contributed by atoms with Crippen molar-refractivity contribution in [3.05, 3.63) is 28.5 Å². The summed E-state index contributed by atoms with van der Waals surface area (Å²) in [6.07, 6.45) is 3.82. The van der Waals surface area contributed by atoms with Crippen molar-refractivity contribution in [2.24, 2.45) is 0 Å². The molecule has 1 N–H and O–H groups in total. The van der Waals surface area contributed by atoms with Gasteiger partial charge in [-0.2, -0.15) is 0 Å². The van der Waals surface area contributed by atoms with Crippen molar-refractivity contribution in [1.82, 2.24) is 10.3 Å². The van der Waals surface area contributed by atoms with Gasteiger partial charge in [-0.3, -0.25) is 4.79 Å². The molecule has 2 rings (SSSR count). The maximum absolute atomic E-state index is 12.2. The maximum Gasteiger partial charge on any atom is 0.251 e. The van der Waals surface area contributed by atoms with Gasteiger partial charge in [0.2, 0.25) is 0 Å². The smallest absolute Gasteiger partial charge is 0.251 e. The SMILES string of the molecule is CCCc1cc(C(=O)NCC2(C)CCCO2)cc(Cl)n1. The molecule has 2 heterocycles. The van der Waals surface area contributed by atoms with Crippen LogP contribution in [0, 0.1) is 0 Å². The number of aryl methyl sites for hydroxylation is 1. The van der Waals surface area contributed by atoms with Gasteiger partial charge in [0.05, 0.1) is 5.60 Å². The molecule has 1 amide bonds. The zero-order chi connectivity index (χ0) is 14.6. The van der Waals surface area contributed by atoms with Gasteiger partial charge >= 0.3 is 0 Å². The van der Waals surface area contributed by atoms with Gasteiger partial charge in [0, 0.05) is 24.4 Å². The van der Waals surface area contributed by atoms with Crippen molar-refractivity contribution in [1.29, 1.82) is 0 Å². The third-order valence-corrected chi connectivity index (χ3v) is 3.73. The Balaban J connectivity index is 2.01. The van der Waals surface area contributed by atoms with E-state index in [0.717, 1.165) is 38.0 Å². The molecule has 4 nitrogen and oxygen atoms in total. The molecule has 1 saturated heterocycles. The number of carbonyl (C=O) groups excluding carboxylic acids is 1. The number of pyridine rings is 1. The number of carbonyl (C=O) groups is 1. The summed E-state index contributed by atoms with van der Waals surface area (Å²) < 4.78 is 5.66. The van der Waals surface area contributed by atoms with Gasteiger partial charge in [0.1, 0.15) is 5.15 Å². The van der Waals surface area contributed by atoms with Crippen molar-refractivity contribution in [3.8, 4) is 0 Å². The van der Waals surface area contributed by atoms with E-state index in [2.05, 4.69) is 17.2 Å². The largest absolute Gasteiger partial charge is 0.373 e. The monoisotopic (exact) mass is 296 g/mol. The number of hydrogen-bond acceptors (Lipinski definition) is 3. The fraction of sp³-hybridized carbons (Fsp3) is 0.600. The van der Waals surface area contributed by atoms with Crippen LogP contribution in [0.4, 0.5) is 0 Å². The first-order valence-corrected chi connectivity index (χ1v) is 7.49. The minimum atomic E-state index is -0.237. The van der Waals surface area contributed by atoms with Crippen molar-refractivity contribution >= 4 is 17.5 Å². The van der Waals surface area contributed by atoms with E-state index in [-0.39, 0.29) is 11.5 Å². The molecule has 1 aliphatic heterocycles. The molecule has 1 aromatic rings. The molecular weight excluding hydrogens is 276 g/mol. The third kappa shape index (κ3) is 3.93. The van der Waals surface area contributed by atoms with Gasteiger partial charge < -0.3 is 10.1 Å². The predicted molar refractivity (Wildman–Crippen MR) is 79.2 cm³/mol. The molecule has 110 valence electrons. The second kappa shape index (κ2) is 6.55. The van der Waals surface area contributed by atoms with Gasteiger partial charge in [-0.05, 0) is 38.3 Å². The molecule has 0 bridgehead atoms. The summed E-state index contributed by atoms with van der Waals surface area (Å²) in [5.74, 6) is -0.122. The normalized spacial score (nSPS) is 21.9. The lowest BCUT2D eigenvalue weighted by molar-refractivity contribution is 0.0206. The topological polar surface area (TPSA) is 51.2 Å². The van der Waals surface area contributed by atoms with Crippen LogP contribution in [-0.4, -0.2) is 29.6 Å². The Labute approximate surface area is 124 Å². The number of nitrogens with one attached hydrogen (secondary N) is 1. The Morgan fingerprint density at radius 3 is 3.00 bits per heavy atom. The van der Waals surface area contributed by atoms with Gasteiger partial charge in [0.15, 0.2) is 0 Å². The highest BCUT2D eigenvalue weighted by Gasteiger charge is 2.30. The van der Waals surface area contributed by atoms with Gasteiger partial charge in [0.25, 0.3) is 5.91 Å². The minimum Gasteiger partial charge on any atom is -0.373 e. The Morgan fingerprint density at radius 2 is 2.35 bits per heavy atom. The maximum atomic E-state index is 12.2. The summed E-state index contributed by atoms with van der Waals surface area (Å²) in [7, 11) is 0. The number of rotatable bonds is 5. The number of hydrogen-bond donors (Lipinski definition) is 1. The number of halogens is 1. The Hall–Kier alpha value is -1.13. The van der Waals surface area contributed by atoms with Crippen LogP contribution in [-0.2, 0) is 11.2 Å². The molecule has 1 aromatic heterocycles. The highest BCUT2D eigenvalue weighted by Crippen LogP contribution is 2.24. The predicted octanol–water partition coefficient (Wildman–Crippen LogP) is 2.99. The first kappa shape index (κ1) is 15.3. The quantitative estimate of drug-likeness (QED) is 0.850. The van der Waals surface area contributed by atoms with Crippen LogP contribution in [0.2, 0.25) is 5.15 Å². The van der Waals surface area contributed by atoms with Crippen LogP contribution in [0.3, 0.4) is 0 Å². The summed E-state index contributed by atoms with van der Waals surface area (Å²) >= 11 is 5.97. The molecule has 1 unspecified atom stereocenters. The summed E-state index contributed by atoms with van der Waals surface area (Å²) in [6.45, 7) is 5.39. The standard InChI is InChI=1S/C15H21ClN2O2/c1-3-5-12-8-11(9-13(16)18-12)14(19)17-10-15(2)6-4-7-20-15/h8-9H,3-7,10H2,1-2H3,(H,17,19). The third-order valence-electron chi connectivity index (χ3n) is 3.54. The first-order chi connectivity index (χ1) is 9.52. The van der Waals surface area contributed by atoms with Gasteiger partial charge in [-0.15, -0.1) is 0 Å². The Kier molecular flexibility index (Phi) is 5.00. The van der Waals surface area contributed by atoms with E-state index in [1.165, 1.54) is 0 Å². The molecular formula is C15H21ClN2O2. The molecule has 0 spiro atoms. The van der Waals surface area contributed by atoms with Crippen LogP contribution in [0.25, 0.3) is 0 Å². The van der Waals surface area contributed by atoms with E-state index in [1.807, 2.05) is 13.0 Å². The zero-order valence-corrected chi connectivity index (χ0v) is 12.8. The van der Waals surface area contributed by atoms with Gasteiger partial charge in [-0.25, -0.2) is 4.98 Å². The molecule has 0 aliphatic carbocycles. The van der Waals surface area contributed by atoms with Gasteiger partial charge in [-0.1, -0.05) is 24.9 Å². The highest BCUT2D eigenvalue weighted by atomic mass is 35.5. The summed E-state index contributed by atoms with van der Waals surface area (Å²) in [5.41, 5.74) is 1.18. The van der Waals surface area contributed by atoms with E-state index in [0.29, 0.717) is 17.3 Å². The van der Waals surface area contributed by atoms with E-state index < -0.39 is 0 Å². The van der Waals surface area contributed by atoms with E-state index in [1.54, 1.807) is 6.07 Å². The molecule has 0 aromatic carbocycles. The molecule has 1 fully saturated rings. The molecule has 5 heteroatoms. The summed E-state index contributed by atoms with van der Waals surface area (Å²) in [6, 6.07) is 3.41. The molecule has 1 atom stereocenters. The minimum absolute atomic E-state index is 0.122. The van der Waals surface area contributed by atoms with E-state index in [9.17, 15) is 4.79 Å². The lowest BCUT2D eigenvalue weighted by Crippen LogP contribution is -2.40. The van der Waals surface area contributed by atoms with Crippen LogP contribution in [0.5, 0.6) is 0 Å². The van der Waals surface area contributed by atoms with Crippen LogP contribution in [0.1, 0.15) is 49.2 Å². The van der Waals surface area contributed by atoms with Crippen molar-refractivity contribution in [2.45, 2.75) is 45.1 Å². The average molecular weight is 297 g/mol. The number of amides is 1. The van der Waals surface area contributed by atoms with Crippen LogP contribution < -0.4 is 5.32 Å².